The Balaban J connectivity index is 1.48. The number of anilines is 1. The first-order valence-electron chi connectivity index (χ1n) is 8.12. The van der Waals surface area contributed by atoms with Crippen molar-refractivity contribution in [2.24, 2.45) is 0 Å². The fourth-order valence-electron chi connectivity index (χ4n) is 2.87. The van der Waals surface area contributed by atoms with Crippen molar-refractivity contribution in [2.75, 3.05) is 32.1 Å². The summed E-state index contributed by atoms with van der Waals surface area (Å²) in [5.41, 5.74) is 1.80. The van der Waals surface area contributed by atoms with Gasteiger partial charge < -0.3 is 15.0 Å². The Kier molecular flexibility index (Phi) is 4.81. The molecule has 1 aliphatic carbocycles. The normalized spacial score (nSPS) is 18.0. The molecule has 2 fully saturated rings. The van der Waals surface area contributed by atoms with Gasteiger partial charge in [-0.3, -0.25) is 9.69 Å². The summed E-state index contributed by atoms with van der Waals surface area (Å²) in [6, 6.07) is 8.16. The molecule has 1 saturated carbocycles. The molecule has 0 unspecified atom stereocenters. The number of nitrogens with one attached hydrogen (secondary N) is 1. The summed E-state index contributed by atoms with van der Waals surface area (Å²) in [6.45, 7) is 2.05. The third-order valence-electron chi connectivity index (χ3n) is 4.55. The highest BCUT2D eigenvalue weighted by Gasteiger charge is 2.23. The Hall–Kier alpha value is -2.08. The Labute approximate surface area is 136 Å². The molecule has 0 aromatic heterocycles. The number of ether oxygens (including phenoxy) is 1. The van der Waals surface area contributed by atoms with Gasteiger partial charge in [-0.25, -0.2) is 4.79 Å². The van der Waals surface area contributed by atoms with E-state index in [0.717, 1.165) is 11.3 Å². The molecule has 0 bridgehead atoms. The summed E-state index contributed by atoms with van der Waals surface area (Å²) in [7, 11) is 2.00. The van der Waals surface area contributed by atoms with E-state index in [4.69, 9.17) is 4.74 Å². The number of rotatable bonds is 6. The van der Waals surface area contributed by atoms with Gasteiger partial charge in [0.2, 0.25) is 5.91 Å². The van der Waals surface area contributed by atoms with Gasteiger partial charge in [0.05, 0.1) is 13.1 Å². The molecule has 1 heterocycles. The van der Waals surface area contributed by atoms with Crippen molar-refractivity contribution in [3.05, 3.63) is 29.8 Å². The van der Waals surface area contributed by atoms with Crippen LogP contribution in [0.15, 0.2) is 24.3 Å². The zero-order valence-corrected chi connectivity index (χ0v) is 13.5. The molecule has 23 heavy (non-hydrogen) atoms. The van der Waals surface area contributed by atoms with Crippen LogP contribution in [0, 0.1) is 0 Å². The van der Waals surface area contributed by atoms with E-state index in [0.29, 0.717) is 32.3 Å². The Bertz CT molecular complexity index is 569. The average molecular weight is 317 g/mol. The molecule has 0 spiro atoms. The summed E-state index contributed by atoms with van der Waals surface area (Å²) >= 11 is 0. The van der Waals surface area contributed by atoms with Crippen molar-refractivity contribution >= 4 is 17.7 Å². The monoisotopic (exact) mass is 317 g/mol. The number of benzene rings is 1. The van der Waals surface area contributed by atoms with Crippen LogP contribution < -0.4 is 5.32 Å². The topological polar surface area (TPSA) is 61.9 Å². The van der Waals surface area contributed by atoms with E-state index in [-0.39, 0.29) is 12.0 Å². The number of hydrogen-bond acceptors (Lipinski definition) is 4. The minimum Gasteiger partial charge on any atom is -0.448 e. The molecule has 124 valence electrons. The molecule has 3 rings (SSSR count). The van der Waals surface area contributed by atoms with Crippen LogP contribution in [0.1, 0.15) is 24.8 Å². The fourth-order valence-corrected chi connectivity index (χ4v) is 2.87. The van der Waals surface area contributed by atoms with Gasteiger partial charge in [0.25, 0.3) is 0 Å². The second-order valence-electron chi connectivity index (χ2n) is 6.28. The second-order valence-corrected chi connectivity index (χ2v) is 6.28. The van der Waals surface area contributed by atoms with Gasteiger partial charge in [0, 0.05) is 18.3 Å². The first-order valence-corrected chi connectivity index (χ1v) is 8.12. The minimum absolute atomic E-state index is 0.00951. The summed E-state index contributed by atoms with van der Waals surface area (Å²) in [5, 5.41) is 2.92. The molecule has 0 atom stereocenters. The molecule has 6 nitrogen and oxygen atoms in total. The maximum Gasteiger partial charge on any atom is 0.410 e. The van der Waals surface area contributed by atoms with Crippen LogP contribution in [0.4, 0.5) is 10.5 Å². The van der Waals surface area contributed by atoms with E-state index in [1.165, 1.54) is 19.3 Å². The van der Waals surface area contributed by atoms with Gasteiger partial charge in [0.1, 0.15) is 6.61 Å². The Morgan fingerprint density at radius 1 is 1.35 bits per heavy atom. The standard InChI is InChI=1S/C17H23N3O3/c1-19(15-3-2-4-15)12-16(21)18-14-7-5-13(6-8-14)11-20-9-10-23-17(20)22/h5-8,15H,2-4,9-12H2,1H3,(H,18,21). The zero-order chi connectivity index (χ0) is 16.2. The lowest BCUT2D eigenvalue weighted by Crippen LogP contribution is -2.41. The molecule has 1 aliphatic heterocycles. The molecular formula is C17H23N3O3. The van der Waals surface area contributed by atoms with Gasteiger partial charge in [0.15, 0.2) is 0 Å². The second kappa shape index (κ2) is 7.00. The van der Waals surface area contributed by atoms with Crippen molar-refractivity contribution in [1.82, 2.24) is 9.80 Å². The number of carbonyl (C=O) groups excluding carboxylic acids is 2. The third-order valence-corrected chi connectivity index (χ3v) is 4.55. The van der Waals surface area contributed by atoms with Crippen molar-refractivity contribution < 1.29 is 14.3 Å². The molecule has 6 heteroatoms. The van der Waals surface area contributed by atoms with Gasteiger partial charge in [-0.05, 0) is 37.6 Å². The first-order chi connectivity index (χ1) is 11.1. The molecule has 1 aromatic carbocycles. The highest BCUT2D eigenvalue weighted by atomic mass is 16.6. The Morgan fingerprint density at radius 3 is 2.65 bits per heavy atom. The minimum atomic E-state index is -0.263. The summed E-state index contributed by atoms with van der Waals surface area (Å²) in [4.78, 5) is 27.3. The molecule has 1 aromatic rings. The van der Waals surface area contributed by atoms with Gasteiger partial charge in [-0.1, -0.05) is 18.6 Å². The first kappa shape index (κ1) is 15.8. The zero-order valence-electron chi connectivity index (χ0n) is 13.5. The van der Waals surface area contributed by atoms with E-state index in [2.05, 4.69) is 10.2 Å². The van der Waals surface area contributed by atoms with Crippen LogP contribution >= 0.6 is 0 Å². The number of carbonyl (C=O) groups is 2. The quantitative estimate of drug-likeness (QED) is 0.872. The lowest BCUT2D eigenvalue weighted by atomic mass is 9.92. The lowest BCUT2D eigenvalue weighted by molar-refractivity contribution is -0.117. The van der Waals surface area contributed by atoms with Gasteiger partial charge >= 0.3 is 6.09 Å². The number of hydrogen-bond donors (Lipinski definition) is 1. The van der Waals surface area contributed by atoms with Crippen LogP contribution in [-0.4, -0.2) is 54.6 Å². The maximum absolute atomic E-state index is 12.1. The average Bonchev–Trinajstić information content (AvgIpc) is 2.84. The predicted octanol–water partition coefficient (Wildman–Crippen LogP) is 2.06. The SMILES string of the molecule is CN(CC(=O)Nc1ccc(CN2CCOC2=O)cc1)C1CCC1. The van der Waals surface area contributed by atoms with E-state index >= 15 is 0 Å². The lowest BCUT2D eigenvalue weighted by Gasteiger charge is -2.34. The maximum atomic E-state index is 12.1. The Morgan fingerprint density at radius 2 is 2.09 bits per heavy atom. The van der Waals surface area contributed by atoms with E-state index in [9.17, 15) is 9.59 Å². The molecule has 2 aliphatic rings. The molecule has 1 saturated heterocycles. The van der Waals surface area contributed by atoms with Crippen LogP contribution in [-0.2, 0) is 16.1 Å². The predicted molar refractivity (Wildman–Crippen MR) is 87.1 cm³/mol. The highest BCUT2D eigenvalue weighted by Crippen LogP contribution is 2.23. The van der Waals surface area contributed by atoms with E-state index < -0.39 is 0 Å². The highest BCUT2D eigenvalue weighted by molar-refractivity contribution is 5.92. The van der Waals surface area contributed by atoms with Crippen molar-refractivity contribution in [3.63, 3.8) is 0 Å². The van der Waals surface area contributed by atoms with E-state index in [1.54, 1.807) is 4.90 Å². The van der Waals surface area contributed by atoms with Crippen LogP contribution in [0.5, 0.6) is 0 Å². The van der Waals surface area contributed by atoms with E-state index in [1.807, 2.05) is 31.3 Å². The number of nitrogens with zero attached hydrogens (tertiary/aromatic N) is 2. The van der Waals surface area contributed by atoms with Crippen molar-refractivity contribution in [1.29, 1.82) is 0 Å². The number of amides is 2. The largest absolute Gasteiger partial charge is 0.448 e. The molecular weight excluding hydrogens is 294 g/mol. The summed E-state index contributed by atoms with van der Waals surface area (Å²) in [5.74, 6) is 0.00951. The summed E-state index contributed by atoms with van der Waals surface area (Å²) in [6.07, 6.45) is 3.39. The third kappa shape index (κ3) is 4.01. The summed E-state index contributed by atoms with van der Waals surface area (Å²) < 4.78 is 4.91. The van der Waals surface area contributed by atoms with Crippen molar-refractivity contribution in [2.45, 2.75) is 31.8 Å². The van der Waals surface area contributed by atoms with Crippen molar-refractivity contribution in [3.8, 4) is 0 Å². The smallest absolute Gasteiger partial charge is 0.410 e. The van der Waals surface area contributed by atoms with Gasteiger partial charge in [-0.2, -0.15) is 0 Å². The van der Waals surface area contributed by atoms with Crippen LogP contribution in [0.3, 0.4) is 0 Å². The number of cyclic esters (lactones) is 1. The number of likely N-dealkylation sites (N-methyl/N-ethyl adjacent to an activating group) is 1. The molecule has 2 amide bonds. The fraction of sp³-hybridized carbons (Fsp3) is 0.529. The van der Waals surface area contributed by atoms with Gasteiger partial charge in [-0.15, -0.1) is 0 Å². The van der Waals surface area contributed by atoms with Crippen LogP contribution in [0.2, 0.25) is 0 Å². The molecule has 1 N–H and O–H groups in total. The molecule has 0 radical (unpaired) electrons. The van der Waals surface area contributed by atoms with Crippen LogP contribution in [0.25, 0.3) is 0 Å².